The van der Waals surface area contributed by atoms with Crippen LogP contribution in [0, 0.1) is 17.8 Å². The molecule has 20 heavy (non-hydrogen) atoms. The number of hydrogen-bond donors (Lipinski definition) is 3. The molecule has 1 heterocycles. The van der Waals surface area contributed by atoms with Crippen molar-refractivity contribution < 1.29 is 8.42 Å². The van der Waals surface area contributed by atoms with Gasteiger partial charge in [0, 0.05) is 18.9 Å². The molecule has 4 N–H and O–H groups in total. The topological polar surface area (TPSA) is 97.1 Å². The Labute approximate surface area is 119 Å². The molecule has 0 amide bonds. The first-order valence-electron chi connectivity index (χ1n) is 7.02. The molecule has 7 heteroatoms. The number of nitrogen functional groups attached to an aromatic ring is 1. The summed E-state index contributed by atoms with van der Waals surface area (Å²) in [5, 5.41) is 0. The maximum atomic E-state index is 12.4. The Balaban J connectivity index is 1.71. The number of sulfonamides is 1. The van der Waals surface area contributed by atoms with Gasteiger partial charge in [0.25, 0.3) is 0 Å². The van der Waals surface area contributed by atoms with Crippen LogP contribution in [0.4, 0.5) is 5.69 Å². The number of hydrogen-bond acceptors (Lipinski definition) is 5. The maximum absolute atomic E-state index is 12.4. The highest BCUT2D eigenvalue weighted by Gasteiger charge is 2.41. The van der Waals surface area contributed by atoms with Gasteiger partial charge in [0.05, 0.1) is 5.69 Å². The first kappa shape index (κ1) is 13.8. The van der Waals surface area contributed by atoms with Gasteiger partial charge in [-0.3, -0.25) is 10.8 Å². The number of nitrogens with two attached hydrogens (primary N) is 1. The molecule has 0 saturated heterocycles. The zero-order valence-electron chi connectivity index (χ0n) is 11.2. The minimum atomic E-state index is -3.56. The van der Waals surface area contributed by atoms with Gasteiger partial charge in [-0.05, 0) is 49.5 Å². The average Bonchev–Trinajstić information content (AvgIpc) is 3.32. The van der Waals surface area contributed by atoms with Gasteiger partial charge >= 0.3 is 0 Å². The molecule has 0 aliphatic heterocycles. The SMILES string of the molecule is NNc1ccncc1S(=O)(=O)NCC(C1CC1)C1CC1. The molecule has 2 fully saturated rings. The summed E-state index contributed by atoms with van der Waals surface area (Å²) in [7, 11) is -3.56. The Morgan fingerprint density at radius 1 is 1.30 bits per heavy atom. The fourth-order valence-electron chi connectivity index (χ4n) is 2.76. The van der Waals surface area contributed by atoms with Gasteiger partial charge in [-0.25, -0.2) is 13.1 Å². The van der Waals surface area contributed by atoms with E-state index in [0.717, 1.165) is 0 Å². The predicted molar refractivity (Wildman–Crippen MR) is 76.2 cm³/mol. The van der Waals surface area contributed by atoms with E-state index < -0.39 is 10.0 Å². The van der Waals surface area contributed by atoms with Crippen molar-refractivity contribution in [2.24, 2.45) is 23.6 Å². The molecule has 0 radical (unpaired) electrons. The molecule has 1 aromatic rings. The van der Waals surface area contributed by atoms with Gasteiger partial charge in [-0.2, -0.15) is 0 Å². The van der Waals surface area contributed by atoms with Crippen LogP contribution in [-0.4, -0.2) is 19.9 Å². The molecule has 0 unspecified atom stereocenters. The number of aromatic nitrogens is 1. The van der Waals surface area contributed by atoms with E-state index in [1.165, 1.54) is 38.1 Å². The Kier molecular flexibility index (Phi) is 3.66. The van der Waals surface area contributed by atoms with Crippen molar-refractivity contribution in [3.8, 4) is 0 Å². The monoisotopic (exact) mass is 296 g/mol. The van der Waals surface area contributed by atoms with E-state index in [9.17, 15) is 8.42 Å². The lowest BCUT2D eigenvalue weighted by molar-refractivity contribution is 0.401. The molecular formula is C13H20N4O2S. The predicted octanol–water partition coefficient (Wildman–Crippen LogP) is 1.08. The van der Waals surface area contributed by atoms with E-state index >= 15 is 0 Å². The van der Waals surface area contributed by atoms with Crippen LogP contribution in [0.3, 0.4) is 0 Å². The van der Waals surface area contributed by atoms with Crippen LogP contribution >= 0.6 is 0 Å². The lowest BCUT2D eigenvalue weighted by Gasteiger charge is -2.17. The van der Waals surface area contributed by atoms with E-state index in [4.69, 9.17) is 5.84 Å². The molecule has 2 aliphatic rings. The fraction of sp³-hybridized carbons (Fsp3) is 0.615. The summed E-state index contributed by atoms with van der Waals surface area (Å²) in [6.07, 6.45) is 7.79. The molecule has 0 bridgehead atoms. The molecule has 0 atom stereocenters. The second-order valence-corrected chi connectivity index (χ2v) is 7.44. The van der Waals surface area contributed by atoms with Crippen LogP contribution in [0.15, 0.2) is 23.4 Å². The highest BCUT2D eigenvalue weighted by molar-refractivity contribution is 7.89. The average molecular weight is 296 g/mol. The lowest BCUT2D eigenvalue weighted by atomic mass is 9.99. The molecule has 2 aliphatic carbocycles. The molecule has 3 rings (SSSR count). The summed E-state index contributed by atoms with van der Waals surface area (Å²) in [6.45, 7) is 0.524. The standard InChI is InChI=1S/C13H20N4O2S/c14-17-12-5-6-15-8-13(12)20(18,19)16-7-11(9-1-2-9)10-3-4-10/h5-6,8-11,16H,1-4,7,14H2,(H,15,17). The van der Waals surface area contributed by atoms with Crippen molar-refractivity contribution in [1.29, 1.82) is 0 Å². The maximum Gasteiger partial charge on any atom is 0.244 e. The molecular weight excluding hydrogens is 276 g/mol. The summed E-state index contributed by atoms with van der Waals surface area (Å²) in [6, 6.07) is 1.55. The van der Waals surface area contributed by atoms with E-state index in [1.54, 1.807) is 6.07 Å². The van der Waals surface area contributed by atoms with E-state index in [0.29, 0.717) is 30.0 Å². The molecule has 6 nitrogen and oxygen atoms in total. The first-order valence-corrected chi connectivity index (χ1v) is 8.50. The van der Waals surface area contributed by atoms with E-state index in [-0.39, 0.29) is 4.90 Å². The minimum Gasteiger partial charge on any atom is -0.323 e. The third-order valence-electron chi connectivity index (χ3n) is 4.19. The number of nitrogens with one attached hydrogen (secondary N) is 2. The van der Waals surface area contributed by atoms with Gasteiger partial charge in [-0.15, -0.1) is 0 Å². The van der Waals surface area contributed by atoms with Crippen molar-refractivity contribution in [1.82, 2.24) is 9.71 Å². The van der Waals surface area contributed by atoms with Crippen LogP contribution in [-0.2, 0) is 10.0 Å². The zero-order chi connectivity index (χ0) is 14.2. The number of nitrogens with zero attached hydrogens (tertiary/aromatic N) is 1. The normalized spacial score (nSPS) is 19.3. The summed E-state index contributed by atoms with van der Waals surface area (Å²) in [5.41, 5.74) is 2.76. The van der Waals surface area contributed by atoms with Crippen molar-refractivity contribution in [3.05, 3.63) is 18.5 Å². The molecule has 0 spiro atoms. The number of rotatable bonds is 7. The van der Waals surface area contributed by atoms with Crippen LogP contribution in [0.1, 0.15) is 25.7 Å². The minimum absolute atomic E-state index is 0.104. The van der Waals surface area contributed by atoms with E-state index in [1.807, 2.05) is 0 Å². The third-order valence-corrected chi connectivity index (χ3v) is 5.64. The zero-order valence-corrected chi connectivity index (χ0v) is 12.1. The number of anilines is 1. The first-order chi connectivity index (χ1) is 9.62. The van der Waals surface area contributed by atoms with Gasteiger partial charge in [0.2, 0.25) is 10.0 Å². The summed E-state index contributed by atoms with van der Waals surface area (Å²) < 4.78 is 27.4. The van der Waals surface area contributed by atoms with Gasteiger partial charge in [0.15, 0.2) is 0 Å². The Morgan fingerprint density at radius 3 is 2.50 bits per heavy atom. The van der Waals surface area contributed by atoms with Crippen LogP contribution in [0.2, 0.25) is 0 Å². The summed E-state index contributed by atoms with van der Waals surface area (Å²) in [4.78, 5) is 3.97. The van der Waals surface area contributed by atoms with Gasteiger partial charge in [0.1, 0.15) is 4.90 Å². The largest absolute Gasteiger partial charge is 0.323 e. The second-order valence-electron chi connectivity index (χ2n) is 5.71. The van der Waals surface area contributed by atoms with Crippen molar-refractivity contribution >= 4 is 15.7 Å². The highest BCUT2D eigenvalue weighted by Crippen LogP contribution is 2.48. The Morgan fingerprint density at radius 2 is 1.95 bits per heavy atom. The van der Waals surface area contributed by atoms with Crippen molar-refractivity contribution in [2.75, 3.05) is 12.0 Å². The number of hydrazine groups is 1. The molecule has 0 aromatic carbocycles. The summed E-state index contributed by atoms with van der Waals surface area (Å²) >= 11 is 0. The Hall–Kier alpha value is -1.18. The van der Waals surface area contributed by atoms with Gasteiger partial charge < -0.3 is 5.43 Å². The van der Waals surface area contributed by atoms with Crippen LogP contribution in [0.5, 0.6) is 0 Å². The fourth-order valence-corrected chi connectivity index (χ4v) is 3.95. The highest BCUT2D eigenvalue weighted by atomic mass is 32.2. The lowest BCUT2D eigenvalue weighted by Crippen LogP contribution is -2.32. The van der Waals surface area contributed by atoms with E-state index in [2.05, 4.69) is 15.1 Å². The molecule has 110 valence electrons. The Bertz CT molecular complexity index is 570. The number of pyridine rings is 1. The van der Waals surface area contributed by atoms with Crippen LogP contribution < -0.4 is 16.0 Å². The third kappa shape index (κ3) is 2.94. The molecule has 1 aromatic heterocycles. The quantitative estimate of drug-likeness (QED) is 0.517. The van der Waals surface area contributed by atoms with Gasteiger partial charge in [-0.1, -0.05) is 0 Å². The van der Waals surface area contributed by atoms with Crippen LogP contribution in [0.25, 0.3) is 0 Å². The summed E-state index contributed by atoms with van der Waals surface area (Å²) in [5.74, 6) is 7.27. The van der Waals surface area contributed by atoms with Crippen molar-refractivity contribution in [2.45, 2.75) is 30.6 Å². The smallest absolute Gasteiger partial charge is 0.244 e. The molecule has 2 saturated carbocycles. The second kappa shape index (κ2) is 5.31. The van der Waals surface area contributed by atoms with Crippen molar-refractivity contribution in [3.63, 3.8) is 0 Å².